The van der Waals surface area contributed by atoms with Crippen LogP contribution in [0.2, 0.25) is 0 Å². The molecule has 2 aromatic rings. The van der Waals surface area contributed by atoms with E-state index in [-0.39, 0.29) is 23.5 Å². The number of rotatable bonds is 4. The number of aliphatic hydroxyl groups is 2. The Balaban J connectivity index is 0.00000156. The number of phosphoric ester groups is 1. The van der Waals surface area contributed by atoms with Crippen LogP contribution in [-0.2, 0) is 13.8 Å². The first-order chi connectivity index (χ1) is 10.8. The van der Waals surface area contributed by atoms with Gasteiger partial charge in [-0.1, -0.05) is 0 Å². The van der Waals surface area contributed by atoms with E-state index in [1.54, 1.807) is 0 Å². The second-order valence-corrected chi connectivity index (χ2v) is 6.00. The van der Waals surface area contributed by atoms with E-state index in [0.717, 1.165) is 6.33 Å². The summed E-state index contributed by atoms with van der Waals surface area (Å²) in [4.78, 5) is 42.6. The lowest BCUT2D eigenvalue weighted by molar-refractivity contribution is -0.343. The van der Waals surface area contributed by atoms with Crippen molar-refractivity contribution in [2.45, 2.75) is 24.5 Å². The van der Waals surface area contributed by atoms with Crippen molar-refractivity contribution < 1.29 is 33.8 Å². The molecule has 0 aromatic carbocycles. The zero-order chi connectivity index (χ0) is 16.8. The first-order valence-electron chi connectivity index (χ1n) is 6.36. The SMILES string of the molecule is O=c1[nH]cnc2c1n[14cH]n2[C@@H]1O[C@H](COP(=O)([O-])[O-])C(O)[C@@H]1O.[NH4+].[NH4+]. The average Bonchev–Trinajstić information content (AvgIpc) is 3.01. The molecule has 142 valence electrons. The summed E-state index contributed by atoms with van der Waals surface area (Å²) in [5.41, 5.74) is -0.397. The van der Waals surface area contributed by atoms with Gasteiger partial charge in [0.25, 0.3) is 5.56 Å². The molecule has 0 spiro atoms. The van der Waals surface area contributed by atoms with E-state index in [1.807, 2.05) is 0 Å². The maximum atomic E-state index is 11.6. The Morgan fingerprint density at radius 2 is 2.08 bits per heavy atom. The molecule has 25 heavy (non-hydrogen) atoms. The number of H-pyrrole nitrogens is 1. The highest BCUT2D eigenvalue weighted by Crippen LogP contribution is 2.33. The van der Waals surface area contributed by atoms with E-state index in [1.165, 1.54) is 10.9 Å². The first-order valence-corrected chi connectivity index (χ1v) is 7.82. The minimum atomic E-state index is -5.24. The Morgan fingerprint density at radius 3 is 2.72 bits per heavy atom. The molecule has 11 N–H and O–H groups in total. The molecule has 1 saturated heterocycles. The molecule has 2 aromatic heterocycles. The van der Waals surface area contributed by atoms with Gasteiger partial charge >= 0.3 is 0 Å². The van der Waals surface area contributed by atoms with E-state index in [9.17, 15) is 29.4 Å². The van der Waals surface area contributed by atoms with Crippen LogP contribution in [0, 0.1) is 0 Å². The maximum Gasteiger partial charge on any atom is 0.278 e. The summed E-state index contributed by atoms with van der Waals surface area (Å²) >= 11 is 0. The fourth-order valence-electron chi connectivity index (χ4n) is 2.31. The molecule has 0 amide bonds. The van der Waals surface area contributed by atoms with Gasteiger partial charge in [0.05, 0.1) is 27.1 Å². The van der Waals surface area contributed by atoms with Crippen LogP contribution in [0.5, 0.6) is 0 Å². The second-order valence-electron chi connectivity index (χ2n) is 4.84. The zero-order valence-electron chi connectivity index (χ0n) is 13.3. The van der Waals surface area contributed by atoms with Crippen LogP contribution in [0.4, 0.5) is 0 Å². The largest absolute Gasteiger partial charge is 0.790 e. The van der Waals surface area contributed by atoms with Gasteiger partial charge in [0, 0.05) is 0 Å². The third-order valence-electron chi connectivity index (χ3n) is 3.37. The van der Waals surface area contributed by atoms with Gasteiger partial charge in [0.1, 0.15) is 18.3 Å². The number of quaternary nitrogens is 2. The van der Waals surface area contributed by atoms with Gasteiger partial charge in [-0.05, 0) is 0 Å². The standard InChI is InChI=1S/C10H13N4O8P.2H3N/c15-6-4(1-21-23(18,19)20)22-10(7(6)16)14-3-13-5-8(14)11-2-12-9(5)17;;/h2-4,6-7,10,15-16H,1H2,(H,11,12,17)(H2,18,19,20);2*1H3/t4-,6?,7+,10-;;/m1../s1/i3+2;;. The molecular weight excluding hydrogens is 365 g/mol. The predicted molar refractivity (Wildman–Crippen MR) is 79.6 cm³/mol. The topological polar surface area (TPSA) is 259 Å². The van der Waals surface area contributed by atoms with E-state index in [2.05, 4.69) is 19.5 Å². The van der Waals surface area contributed by atoms with Gasteiger partial charge in [0.15, 0.2) is 17.4 Å². The van der Waals surface area contributed by atoms with Crippen molar-refractivity contribution in [1.29, 1.82) is 0 Å². The lowest BCUT2D eigenvalue weighted by Gasteiger charge is -2.30. The number of hydrogen-bond acceptors (Lipinski definition) is 10. The van der Waals surface area contributed by atoms with Gasteiger partial charge in [0.2, 0.25) is 0 Å². The number of aliphatic hydroxyl groups excluding tert-OH is 2. The van der Waals surface area contributed by atoms with Crippen molar-refractivity contribution in [3.05, 3.63) is 23.0 Å². The highest BCUT2D eigenvalue weighted by molar-refractivity contribution is 7.43. The molecule has 0 aliphatic carbocycles. The number of aromatic amines is 1. The zero-order valence-corrected chi connectivity index (χ0v) is 14.2. The molecule has 0 saturated carbocycles. The summed E-state index contributed by atoms with van der Waals surface area (Å²) in [5, 5.41) is 19.9. The second kappa shape index (κ2) is 7.65. The smallest absolute Gasteiger partial charge is 0.278 e. The third-order valence-corrected chi connectivity index (χ3v) is 3.84. The normalized spacial score (nSPS) is 26.2. The maximum absolute atomic E-state index is 11.6. The number of hydrogen-bond donors (Lipinski definition) is 5. The summed E-state index contributed by atoms with van der Waals surface area (Å²) in [5.74, 6) is 0. The number of nitrogens with zero attached hydrogens (tertiary/aromatic N) is 3. The van der Waals surface area contributed by atoms with E-state index in [0.29, 0.717) is 0 Å². The molecule has 15 heteroatoms. The highest BCUT2D eigenvalue weighted by atomic mass is 31.2. The van der Waals surface area contributed by atoms with Crippen LogP contribution in [0.3, 0.4) is 0 Å². The number of aromatic nitrogens is 4. The molecular formula is C10H19N6O8P. The Hall–Kier alpha value is -1.74. The molecule has 1 fully saturated rings. The Labute approximate surface area is 139 Å². The Morgan fingerprint density at radius 1 is 1.40 bits per heavy atom. The summed E-state index contributed by atoms with van der Waals surface area (Å²) in [7, 11) is -5.24. The van der Waals surface area contributed by atoms with Gasteiger partial charge in [-0.3, -0.25) is 9.36 Å². The van der Waals surface area contributed by atoms with Crippen molar-refractivity contribution in [3.8, 4) is 0 Å². The molecule has 3 heterocycles. The summed E-state index contributed by atoms with van der Waals surface area (Å²) in [6.07, 6.45) is -3.11. The lowest BCUT2D eigenvalue weighted by Crippen LogP contribution is -2.34. The van der Waals surface area contributed by atoms with E-state index in [4.69, 9.17) is 4.74 Å². The third kappa shape index (κ3) is 4.09. The Kier molecular flexibility index (Phi) is 6.52. The van der Waals surface area contributed by atoms with Gasteiger partial charge in [-0.2, -0.15) is 0 Å². The molecule has 3 rings (SSSR count). The molecule has 0 bridgehead atoms. The van der Waals surface area contributed by atoms with Gasteiger partial charge < -0.3 is 51.1 Å². The van der Waals surface area contributed by atoms with Crippen LogP contribution in [0.15, 0.2) is 17.4 Å². The number of fused-ring (bicyclic) bond motifs is 1. The van der Waals surface area contributed by atoms with E-state index < -0.39 is 44.5 Å². The van der Waals surface area contributed by atoms with Crippen LogP contribution < -0.4 is 27.6 Å². The van der Waals surface area contributed by atoms with Crippen molar-refractivity contribution in [2.75, 3.05) is 6.61 Å². The monoisotopic (exact) mass is 384 g/mol. The van der Waals surface area contributed by atoms with Crippen LogP contribution in [0.1, 0.15) is 6.23 Å². The van der Waals surface area contributed by atoms with Crippen LogP contribution in [0.25, 0.3) is 11.2 Å². The van der Waals surface area contributed by atoms with Crippen molar-refractivity contribution >= 4 is 19.0 Å². The summed E-state index contributed by atoms with van der Waals surface area (Å²) in [6, 6.07) is 0. The highest BCUT2D eigenvalue weighted by Gasteiger charge is 2.44. The number of imidazole rings is 1. The van der Waals surface area contributed by atoms with E-state index >= 15 is 0 Å². The minimum Gasteiger partial charge on any atom is -0.790 e. The summed E-state index contributed by atoms with van der Waals surface area (Å²) in [6.45, 7) is -0.750. The average molecular weight is 384 g/mol. The number of ether oxygens (including phenoxy) is 1. The van der Waals surface area contributed by atoms with Gasteiger partial charge in [-0.25, -0.2) is 9.97 Å². The quantitative estimate of drug-likeness (QED) is 0.341. The van der Waals surface area contributed by atoms with Crippen molar-refractivity contribution in [1.82, 2.24) is 31.8 Å². The fraction of sp³-hybridized carbons (Fsp3) is 0.500. The van der Waals surface area contributed by atoms with Crippen molar-refractivity contribution in [3.63, 3.8) is 0 Å². The predicted octanol–water partition coefficient (Wildman–Crippen LogP) is -2.66. The number of nitrogens with one attached hydrogen (secondary N) is 1. The summed E-state index contributed by atoms with van der Waals surface area (Å²) < 4.78 is 21.1. The molecule has 1 aliphatic rings. The minimum absolute atomic E-state index is 0. The molecule has 14 nitrogen and oxygen atoms in total. The fourth-order valence-corrected chi connectivity index (χ4v) is 2.64. The molecule has 4 atom stereocenters. The van der Waals surface area contributed by atoms with Crippen LogP contribution in [-0.4, -0.2) is 54.7 Å². The lowest BCUT2D eigenvalue weighted by atomic mass is 10.1. The Bertz CT molecular complexity index is 819. The molecule has 1 unspecified atom stereocenters. The molecule has 1 aliphatic heterocycles. The molecule has 0 radical (unpaired) electrons. The van der Waals surface area contributed by atoms with Crippen molar-refractivity contribution in [2.24, 2.45) is 0 Å². The van der Waals surface area contributed by atoms with Crippen LogP contribution >= 0.6 is 7.82 Å². The first kappa shape index (κ1) is 21.3. The van der Waals surface area contributed by atoms with Gasteiger partial charge in [-0.15, -0.1) is 0 Å². The number of phosphoric acid groups is 1.